The van der Waals surface area contributed by atoms with E-state index in [1.165, 1.54) is 22.1 Å². The molecule has 4 rings (SSSR count). The van der Waals surface area contributed by atoms with Crippen LogP contribution in [0.1, 0.15) is 0 Å². The van der Waals surface area contributed by atoms with E-state index < -0.39 is 0 Å². The van der Waals surface area contributed by atoms with Crippen LogP contribution in [0.4, 0.5) is 5.69 Å². The highest BCUT2D eigenvalue weighted by molar-refractivity contribution is 9.11. The number of thiophene rings is 1. The van der Waals surface area contributed by atoms with Gasteiger partial charge in [-0.1, -0.05) is 41.9 Å². The van der Waals surface area contributed by atoms with Crippen molar-refractivity contribution in [2.45, 2.75) is 0 Å². The third-order valence-electron chi connectivity index (χ3n) is 4.22. The first kappa shape index (κ1) is 14.9. The van der Waals surface area contributed by atoms with Gasteiger partial charge in [-0.15, -0.1) is 11.3 Å². The number of anilines is 1. The molecule has 3 nitrogen and oxygen atoms in total. The lowest BCUT2D eigenvalue weighted by molar-refractivity contribution is 0.455. The molecule has 0 bridgehead atoms. The Hall–Kier alpha value is -1.69. The zero-order valence-electron chi connectivity index (χ0n) is 12.0. The molecule has 3 N–H and O–H groups in total. The van der Waals surface area contributed by atoms with Crippen LogP contribution in [0.5, 0.6) is 5.75 Å². The second-order valence-corrected chi connectivity index (χ2v) is 7.54. The van der Waals surface area contributed by atoms with Gasteiger partial charge in [-0.2, -0.15) is 0 Å². The van der Waals surface area contributed by atoms with Crippen molar-refractivity contribution in [3.05, 3.63) is 51.6 Å². The molecule has 3 aromatic rings. The summed E-state index contributed by atoms with van der Waals surface area (Å²) in [7, 11) is 0.657. The van der Waals surface area contributed by atoms with E-state index in [-0.39, 0.29) is 6.71 Å². The largest absolute Gasteiger partial charge is 0.569 e. The molecule has 2 heterocycles. The molecule has 111 valence electrons. The average Bonchev–Trinajstić information content (AvgIpc) is 3.09. The summed E-state index contributed by atoms with van der Waals surface area (Å²) >= 11 is 5.38. The molecule has 7 heteroatoms. The molecule has 1 radical (unpaired) electrons. The van der Waals surface area contributed by atoms with E-state index in [1.54, 1.807) is 17.4 Å². The molecule has 0 unspecified atom stereocenters. The van der Waals surface area contributed by atoms with Crippen molar-refractivity contribution in [3.8, 4) is 16.9 Å². The smallest absolute Gasteiger partial charge is 0.536 e. The van der Waals surface area contributed by atoms with Gasteiger partial charge in [-0.3, -0.25) is 0 Å². The maximum absolute atomic E-state index is 8.92. The van der Waals surface area contributed by atoms with Crippen molar-refractivity contribution in [2.75, 3.05) is 5.73 Å². The fraction of sp³-hybridized carbons (Fsp3) is 0. The summed E-state index contributed by atoms with van der Waals surface area (Å²) < 4.78 is 6.24. The van der Waals surface area contributed by atoms with Gasteiger partial charge in [0, 0.05) is 0 Å². The van der Waals surface area contributed by atoms with Crippen LogP contribution in [-0.4, -0.2) is 19.4 Å². The second kappa shape index (κ2) is 5.74. The van der Waals surface area contributed by atoms with Gasteiger partial charge in [0.15, 0.2) is 0 Å². The fourth-order valence-electron chi connectivity index (χ4n) is 3.27. The Bertz CT molecular complexity index is 900. The number of para-hydroxylation sites is 1. The molecule has 23 heavy (non-hydrogen) atoms. The summed E-state index contributed by atoms with van der Waals surface area (Å²) in [5.41, 5.74) is 12.8. The summed E-state index contributed by atoms with van der Waals surface area (Å²) in [6, 6.07) is 14.0. The molecule has 0 aliphatic carbocycles. The lowest BCUT2D eigenvalue weighted by Crippen LogP contribution is -2.50. The van der Waals surface area contributed by atoms with Gasteiger partial charge >= 0.3 is 7.69 Å². The van der Waals surface area contributed by atoms with Crippen molar-refractivity contribution in [1.29, 1.82) is 0 Å². The molecule has 0 saturated carbocycles. The van der Waals surface area contributed by atoms with Crippen molar-refractivity contribution in [2.24, 2.45) is 0 Å². The fourth-order valence-corrected chi connectivity index (χ4v) is 4.82. The van der Waals surface area contributed by atoms with Crippen LogP contribution in [0.15, 0.2) is 51.6 Å². The molecule has 2 aromatic carbocycles. The Labute approximate surface area is 147 Å². The summed E-state index contributed by atoms with van der Waals surface area (Å²) in [6.45, 7) is 0.0593. The normalized spacial score (nSPS) is 12.0. The zero-order valence-corrected chi connectivity index (χ0v) is 14.4. The molecular formula is C16H11B2BrNO2S. The number of rotatable bonds is 3. The van der Waals surface area contributed by atoms with Crippen LogP contribution in [0, 0.1) is 0 Å². The Balaban J connectivity index is 1.96. The molecular weight excluding hydrogens is 372 g/mol. The summed E-state index contributed by atoms with van der Waals surface area (Å²) in [5, 5.41) is 11.1. The molecule has 1 aliphatic rings. The van der Waals surface area contributed by atoms with Crippen LogP contribution in [0.25, 0.3) is 11.1 Å². The first-order chi connectivity index (χ1) is 11.2. The van der Waals surface area contributed by atoms with E-state index >= 15 is 0 Å². The van der Waals surface area contributed by atoms with Crippen molar-refractivity contribution in [1.82, 2.24) is 0 Å². The number of nitrogen functional groups attached to an aromatic ring is 1. The lowest BCUT2D eigenvalue weighted by Gasteiger charge is -2.16. The predicted octanol–water partition coefficient (Wildman–Crippen LogP) is 1.49. The van der Waals surface area contributed by atoms with Gasteiger partial charge in [-0.05, 0) is 49.4 Å². The van der Waals surface area contributed by atoms with Crippen molar-refractivity contribution in [3.63, 3.8) is 0 Å². The standard InChI is InChI=1S/C16H11B2BrNO2S/c19-16-14-10(8-23-16)9-4-1-2-5-11(9)18(14)12-6-3-7-13(15(12)20)22-17-21/h1-8,21H,20H2. The van der Waals surface area contributed by atoms with Crippen LogP contribution in [0.3, 0.4) is 0 Å². The highest BCUT2D eigenvalue weighted by atomic mass is 79.9. The van der Waals surface area contributed by atoms with Gasteiger partial charge in [0.1, 0.15) is 5.75 Å². The first-order valence-electron chi connectivity index (χ1n) is 7.09. The number of benzene rings is 2. The van der Waals surface area contributed by atoms with E-state index in [2.05, 4.69) is 39.5 Å². The van der Waals surface area contributed by atoms with Gasteiger partial charge in [0.2, 0.25) is 6.71 Å². The number of nitrogens with two attached hydrogens (primary N) is 1. The second-order valence-electron chi connectivity index (χ2n) is 5.34. The Morgan fingerprint density at radius 2 is 1.87 bits per heavy atom. The summed E-state index contributed by atoms with van der Waals surface area (Å²) in [5.74, 6) is 0.460. The minimum Gasteiger partial charge on any atom is -0.536 e. The summed E-state index contributed by atoms with van der Waals surface area (Å²) in [4.78, 5) is 0. The monoisotopic (exact) mass is 382 g/mol. The van der Waals surface area contributed by atoms with Gasteiger partial charge < -0.3 is 15.4 Å². The topological polar surface area (TPSA) is 55.5 Å². The SMILES string of the molecule is Nc1c(O[B]O)cccc1B1c2ccccc2-c2csc(Br)c21. The van der Waals surface area contributed by atoms with Crippen LogP contribution >= 0.6 is 27.3 Å². The molecule has 0 fully saturated rings. The van der Waals surface area contributed by atoms with Crippen LogP contribution in [-0.2, 0) is 0 Å². The van der Waals surface area contributed by atoms with E-state index in [1.807, 2.05) is 18.2 Å². The van der Waals surface area contributed by atoms with Gasteiger partial charge in [0.25, 0.3) is 0 Å². The Morgan fingerprint density at radius 1 is 1.09 bits per heavy atom. The molecule has 0 atom stereocenters. The Kier molecular flexibility index (Phi) is 3.71. The molecule has 0 saturated heterocycles. The Morgan fingerprint density at radius 3 is 2.70 bits per heavy atom. The molecule has 1 aliphatic heterocycles. The number of fused-ring (bicyclic) bond motifs is 3. The van der Waals surface area contributed by atoms with Gasteiger partial charge in [0.05, 0.1) is 9.47 Å². The van der Waals surface area contributed by atoms with Crippen molar-refractivity contribution < 1.29 is 9.68 Å². The summed E-state index contributed by atoms with van der Waals surface area (Å²) in [6.07, 6.45) is 0. The zero-order chi connectivity index (χ0) is 16.0. The number of halogens is 1. The van der Waals surface area contributed by atoms with E-state index in [9.17, 15) is 0 Å². The first-order valence-corrected chi connectivity index (χ1v) is 8.76. The average molecular weight is 383 g/mol. The predicted molar refractivity (Wildman–Crippen MR) is 102 cm³/mol. The maximum Gasteiger partial charge on any atom is 0.569 e. The highest BCUT2D eigenvalue weighted by Crippen LogP contribution is 2.32. The van der Waals surface area contributed by atoms with Crippen molar-refractivity contribution >= 4 is 63.7 Å². The molecule has 1 aromatic heterocycles. The van der Waals surface area contributed by atoms with Gasteiger partial charge in [-0.25, -0.2) is 0 Å². The number of hydrogen-bond donors (Lipinski definition) is 2. The molecule has 0 amide bonds. The third-order valence-corrected chi connectivity index (χ3v) is 5.99. The molecule has 0 spiro atoms. The third kappa shape index (κ3) is 2.23. The lowest BCUT2D eigenvalue weighted by atomic mass is 9.39. The van der Waals surface area contributed by atoms with Crippen LogP contribution in [0.2, 0.25) is 0 Å². The van der Waals surface area contributed by atoms with E-state index in [0.717, 1.165) is 9.25 Å². The number of hydrogen-bond acceptors (Lipinski definition) is 4. The minimum atomic E-state index is 0.0593. The van der Waals surface area contributed by atoms with E-state index in [4.69, 9.17) is 15.4 Å². The van der Waals surface area contributed by atoms with Crippen LogP contribution < -0.4 is 26.8 Å². The van der Waals surface area contributed by atoms with E-state index in [0.29, 0.717) is 19.1 Å². The quantitative estimate of drug-likeness (QED) is 0.417. The highest BCUT2D eigenvalue weighted by Gasteiger charge is 2.37. The maximum atomic E-state index is 8.92. The minimum absolute atomic E-state index is 0.0593.